The van der Waals surface area contributed by atoms with Crippen LogP contribution in [0.4, 0.5) is 5.69 Å². The van der Waals surface area contributed by atoms with Crippen molar-refractivity contribution in [3.8, 4) is 0 Å². The lowest BCUT2D eigenvalue weighted by atomic mass is 9.74. The zero-order chi connectivity index (χ0) is 17.3. The molecule has 0 fully saturated rings. The topological polar surface area (TPSA) is 20.3 Å². The van der Waals surface area contributed by atoms with E-state index in [0.717, 1.165) is 17.1 Å². The van der Waals surface area contributed by atoms with Crippen molar-refractivity contribution in [2.45, 2.75) is 63.7 Å². The van der Waals surface area contributed by atoms with Crippen LogP contribution in [0.3, 0.4) is 0 Å². The van der Waals surface area contributed by atoms with E-state index in [0.29, 0.717) is 5.92 Å². The molecular formula is C20H35NOS. The fraction of sp³-hybridized carbons (Fsp3) is 0.700. The van der Waals surface area contributed by atoms with E-state index in [2.05, 4.69) is 58.0 Å². The molecule has 0 aliphatic carbocycles. The van der Waals surface area contributed by atoms with Crippen LogP contribution in [0.15, 0.2) is 23.1 Å². The van der Waals surface area contributed by atoms with Crippen molar-refractivity contribution in [1.82, 2.24) is 0 Å². The van der Waals surface area contributed by atoms with Gasteiger partial charge in [-0.15, -0.1) is 0 Å². The zero-order valence-electron chi connectivity index (χ0n) is 15.9. The van der Waals surface area contributed by atoms with Gasteiger partial charge in [-0.2, -0.15) is 0 Å². The summed E-state index contributed by atoms with van der Waals surface area (Å²) in [6.07, 6.45) is 8.03. The van der Waals surface area contributed by atoms with Gasteiger partial charge in [0.15, 0.2) is 0 Å². The Hall–Kier alpha value is -0.830. The molecule has 2 nitrogen and oxygen atoms in total. The lowest BCUT2D eigenvalue weighted by Crippen LogP contribution is -2.32. The second kappa shape index (κ2) is 6.96. The van der Waals surface area contributed by atoms with Crippen LogP contribution in [0.1, 0.15) is 64.4 Å². The summed E-state index contributed by atoms with van der Waals surface area (Å²) in [5.74, 6) is 1.37. The van der Waals surface area contributed by atoms with Gasteiger partial charge in [0.05, 0.1) is 0 Å². The second-order valence-corrected chi connectivity index (χ2v) is 11.0. The summed E-state index contributed by atoms with van der Waals surface area (Å²) in [6, 6.07) is 6.56. The van der Waals surface area contributed by atoms with Gasteiger partial charge in [0.1, 0.15) is 0 Å². The van der Waals surface area contributed by atoms with E-state index in [1.807, 2.05) is 6.26 Å². The highest BCUT2D eigenvalue weighted by molar-refractivity contribution is 8.02. The molecule has 2 atom stereocenters. The van der Waals surface area contributed by atoms with Gasteiger partial charge < -0.3 is 4.90 Å². The first kappa shape index (κ1) is 18.5. The summed E-state index contributed by atoms with van der Waals surface area (Å²) < 4.78 is 13.6. The van der Waals surface area contributed by atoms with Crippen LogP contribution in [0.25, 0.3) is 0 Å². The number of fused-ring (bicyclic) bond motifs is 1. The lowest BCUT2D eigenvalue weighted by Gasteiger charge is -2.36. The molecule has 0 bridgehead atoms. The number of anilines is 1. The van der Waals surface area contributed by atoms with Crippen LogP contribution in [-0.2, 0) is 9.93 Å². The molecule has 0 amide bonds. The number of hydrogen-bond acceptors (Lipinski definition) is 2. The Morgan fingerprint density at radius 2 is 2.00 bits per heavy atom. The summed E-state index contributed by atoms with van der Waals surface area (Å²) in [4.78, 5) is 3.28. The molecule has 0 N–H and O–H groups in total. The van der Waals surface area contributed by atoms with Crippen molar-refractivity contribution < 1.29 is 4.21 Å². The Labute approximate surface area is 144 Å². The fourth-order valence-corrected chi connectivity index (χ4v) is 7.54. The first-order valence-corrected chi connectivity index (χ1v) is 11.5. The third-order valence-electron chi connectivity index (χ3n) is 5.76. The van der Waals surface area contributed by atoms with E-state index in [4.69, 9.17) is 0 Å². The Morgan fingerprint density at radius 3 is 2.57 bits per heavy atom. The molecule has 0 saturated heterocycles. The van der Waals surface area contributed by atoms with Crippen molar-refractivity contribution in [3.63, 3.8) is 0 Å². The van der Waals surface area contributed by atoms with Gasteiger partial charge in [-0.1, -0.05) is 43.5 Å². The Kier molecular flexibility index (Phi) is 5.60. The van der Waals surface area contributed by atoms with E-state index >= 15 is 0 Å². The van der Waals surface area contributed by atoms with Gasteiger partial charge in [0, 0.05) is 30.4 Å². The van der Waals surface area contributed by atoms with E-state index in [1.165, 1.54) is 36.9 Å². The molecule has 1 aliphatic rings. The maximum atomic E-state index is 13.6. The molecule has 23 heavy (non-hydrogen) atoms. The van der Waals surface area contributed by atoms with Crippen molar-refractivity contribution in [1.29, 1.82) is 0 Å². The minimum Gasteiger partial charge on any atom is -0.378 e. The first-order valence-electron chi connectivity index (χ1n) is 9.13. The summed E-state index contributed by atoms with van der Waals surface area (Å²) in [6.45, 7) is 6.89. The maximum absolute atomic E-state index is 13.6. The smallest absolute Gasteiger partial charge is 0.0364 e. The average molecular weight is 338 g/mol. The summed E-state index contributed by atoms with van der Waals surface area (Å²) in [5, 5.41) is 0. The monoisotopic (exact) mass is 337 g/mol. The normalized spacial score (nSPS) is 27.8. The quantitative estimate of drug-likeness (QED) is 0.775. The molecular weight excluding hydrogens is 302 g/mol. The number of thiol groups is 1. The van der Waals surface area contributed by atoms with Crippen molar-refractivity contribution in [3.05, 3.63) is 23.8 Å². The minimum atomic E-state index is -2.30. The van der Waals surface area contributed by atoms with Crippen molar-refractivity contribution in [2.75, 3.05) is 31.0 Å². The molecule has 1 aromatic carbocycles. The first-order chi connectivity index (χ1) is 10.7. The largest absolute Gasteiger partial charge is 0.378 e. The van der Waals surface area contributed by atoms with Crippen molar-refractivity contribution >= 4 is 15.6 Å². The molecule has 0 spiro atoms. The highest BCUT2D eigenvalue weighted by Crippen LogP contribution is 2.48. The van der Waals surface area contributed by atoms with Crippen molar-refractivity contribution in [2.24, 2.45) is 5.41 Å². The number of nitrogens with zero attached hydrogens (tertiary/aromatic N) is 1. The minimum absolute atomic E-state index is 0.247. The standard InChI is InChI=1S/C20H35NOS/c1-7-9-12-20(8-2)14-16(3)18-13-17(21(4)5)10-11-19(18)23(6,22)15-20/h10-11,13,16,23H,7-9,12,14-15H2,1-6H3/t16-,20-/m0/s1. The number of hydrogen-bond donors (Lipinski definition) is 1. The average Bonchev–Trinajstić information content (AvgIpc) is 2.59. The predicted molar refractivity (Wildman–Crippen MR) is 105 cm³/mol. The molecule has 0 saturated carbocycles. The fourth-order valence-electron chi connectivity index (χ4n) is 4.36. The summed E-state index contributed by atoms with van der Waals surface area (Å²) in [5.41, 5.74) is 2.79. The van der Waals surface area contributed by atoms with Crippen LogP contribution < -0.4 is 4.90 Å². The Bertz CT molecular complexity index is 595. The molecule has 0 aromatic heterocycles. The molecule has 132 valence electrons. The molecule has 0 unspecified atom stereocenters. The molecule has 2 rings (SSSR count). The highest BCUT2D eigenvalue weighted by Gasteiger charge is 2.38. The van der Waals surface area contributed by atoms with Crippen LogP contribution >= 0.6 is 0 Å². The Morgan fingerprint density at radius 1 is 1.30 bits per heavy atom. The van der Waals surface area contributed by atoms with Gasteiger partial charge in [-0.05, 0) is 60.6 Å². The third kappa shape index (κ3) is 3.81. The van der Waals surface area contributed by atoms with Crippen LogP contribution in [0.5, 0.6) is 0 Å². The van der Waals surface area contributed by atoms with Crippen LogP contribution in [-0.4, -0.2) is 30.3 Å². The van der Waals surface area contributed by atoms with Gasteiger partial charge in [-0.3, -0.25) is 4.21 Å². The van der Waals surface area contributed by atoms with Crippen LogP contribution in [0, 0.1) is 5.41 Å². The van der Waals surface area contributed by atoms with Gasteiger partial charge in [0.25, 0.3) is 0 Å². The molecule has 3 heteroatoms. The van der Waals surface area contributed by atoms with E-state index in [1.54, 1.807) is 0 Å². The molecule has 1 aliphatic heterocycles. The van der Waals surface area contributed by atoms with E-state index in [-0.39, 0.29) is 5.41 Å². The summed E-state index contributed by atoms with van der Waals surface area (Å²) in [7, 11) is 1.85. The van der Waals surface area contributed by atoms with E-state index < -0.39 is 9.93 Å². The Balaban J connectivity index is 2.49. The molecule has 1 aromatic rings. The van der Waals surface area contributed by atoms with Gasteiger partial charge in [-0.25, -0.2) is 0 Å². The number of benzene rings is 1. The van der Waals surface area contributed by atoms with E-state index in [9.17, 15) is 4.21 Å². The maximum Gasteiger partial charge on any atom is 0.0364 e. The second-order valence-electron chi connectivity index (χ2n) is 7.96. The third-order valence-corrected chi connectivity index (χ3v) is 8.46. The zero-order valence-corrected chi connectivity index (χ0v) is 16.7. The van der Waals surface area contributed by atoms with Gasteiger partial charge in [0.2, 0.25) is 0 Å². The SMILES string of the molecule is CCCC[C@@]1(CC)C[C@H](C)c2cc(N(C)C)ccc2[SH](C)(=O)C1. The predicted octanol–water partition coefficient (Wildman–Crippen LogP) is 4.85. The molecule has 0 radical (unpaired) electrons. The number of rotatable bonds is 5. The lowest BCUT2D eigenvalue weighted by molar-refractivity contribution is 0.244. The van der Waals surface area contributed by atoms with Crippen LogP contribution in [0.2, 0.25) is 0 Å². The molecule has 1 heterocycles. The summed E-state index contributed by atoms with van der Waals surface area (Å²) >= 11 is 0. The number of unbranched alkanes of at least 4 members (excludes halogenated alkanes) is 1. The highest BCUT2D eigenvalue weighted by atomic mass is 32.2. The van der Waals surface area contributed by atoms with Gasteiger partial charge >= 0.3 is 0 Å².